The van der Waals surface area contributed by atoms with Gasteiger partial charge in [0.25, 0.3) is 0 Å². The van der Waals surface area contributed by atoms with Gasteiger partial charge in [0.05, 0.1) is 31.2 Å². The molecule has 1 aromatic heterocycles. The van der Waals surface area contributed by atoms with Crippen LogP contribution in [0.5, 0.6) is 0 Å². The number of nitrogen functional groups attached to an aromatic ring is 1. The zero-order chi connectivity index (χ0) is 54.5. The van der Waals surface area contributed by atoms with Gasteiger partial charge in [0.2, 0.25) is 47.3 Å². The Hall–Kier alpha value is -8.13. The number of nitrogens with zero attached hydrogens (tertiary/aromatic N) is 1. The lowest BCUT2D eigenvalue weighted by atomic mass is 10.0. The monoisotopic (exact) mass is 1030 g/mol. The van der Waals surface area contributed by atoms with Crippen LogP contribution in [0.3, 0.4) is 0 Å². The Morgan fingerprint density at radius 3 is 1.88 bits per heavy atom. The van der Waals surface area contributed by atoms with E-state index in [9.17, 15) is 82.8 Å². The summed E-state index contributed by atoms with van der Waals surface area (Å²) in [5, 5.41) is 55.0. The third-order valence-electron chi connectivity index (χ3n) is 11.6. The van der Waals surface area contributed by atoms with Gasteiger partial charge in [0.15, 0.2) is 0 Å². The Labute approximate surface area is 417 Å². The number of carbonyl (C=O) groups excluding carboxylic acids is 8. The number of aliphatic carboxylic acids is 4. The highest BCUT2D eigenvalue weighted by Gasteiger charge is 2.38. The minimum atomic E-state index is -2.08. The van der Waals surface area contributed by atoms with Crippen LogP contribution < -0.4 is 48.6 Å². The molecular formula is C46H63N9O18. The number of carboxylic acids is 4. The van der Waals surface area contributed by atoms with Crippen molar-refractivity contribution in [3.63, 3.8) is 0 Å². The van der Waals surface area contributed by atoms with Crippen molar-refractivity contribution >= 4 is 87.8 Å². The number of carboxylic acid groups (broad SMARTS) is 4. The van der Waals surface area contributed by atoms with Gasteiger partial charge in [-0.2, -0.15) is 0 Å². The molecule has 0 spiro atoms. The molecule has 27 heteroatoms. The van der Waals surface area contributed by atoms with Crippen molar-refractivity contribution in [2.75, 3.05) is 25.4 Å². The number of nitrogens with two attached hydrogens (primary N) is 1. The molecule has 1 saturated heterocycles. The molecule has 13 N–H and O–H groups in total. The second-order valence-electron chi connectivity index (χ2n) is 17.4. The number of benzene rings is 1. The van der Waals surface area contributed by atoms with Crippen LogP contribution in [0.25, 0.3) is 11.0 Å². The highest BCUT2D eigenvalue weighted by molar-refractivity contribution is 5.98. The fourth-order valence-corrected chi connectivity index (χ4v) is 7.76. The molecule has 1 unspecified atom stereocenters. The van der Waals surface area contributed by atoms with E-state index >= 15 is 0 Å². The molecule has 73 heavy (non-hydrogen) atoms. The summed E-state index contributed by atoms with van der Waals surface area (Å²) in [6, 6.07) is -5.03. The van der Waals surface area contributed by atoms with Crippen molar-refractivity contribution in [1.29, 1.82) is 0 Å². The first-order valence-corrected chi connectivity index (χ1v) is 23.4. The van der Waals surface area contributed by atoms with Gasteiger partial charge < -0.3 is 72.7 Å². The Balaban J connectivity index is 1.44. The topological polar surface area (TPSA) is 429 Å². The van der Waals surface area contributed by atoms with E-state index in [1.807, 2.05) is 10.6 Å². The first kappa shape index (κ1) is 59.2. The van der Waals surface area contributed by atoms with Crippen molar-refractivity contribution in [3.05, 3.63) is 39.7 Å². The van der Waals surface area contributed by atoms with Crippen LogP contribution >= 0.6 is 0 Å². The summed E-state index contributed by atoms with van der Waals surface area (Å²) >= 11 is 0. The summed E-state index contributed by atoms with van der Waals surface area (Å²) in [6.07, 6.45) is -0.297. The number of carbonyl (C=O) groups is 12. The number of unbranched alkanes of at least 4 members (excludes halogenated alkanes) is 3. The summed E-state index contributed by atoms with van der Waals surface area (Å²) in [5.74, 6) is -13.3. The molecule has 1 aliphatic heterocycles. The number of nitrogens with one attached hydrogen (secondary N) is 7. The Bertz CT molecular complexity index is 2480. The van der Waals surface area contributed by atoms with Crippen molar-refractivity contribution in [2.24, 2.45) is 0 Å². The molecule has 0 aliphatic carbocycles. The first-order valence-electron chi connectivity index (χ1n) is 23.4. The van der Waals surface area contributed by atoms with Crippen LogP contribution in [0.2, 0.25) is 0 Å². The van der Waals surface area contributed by atoms with Crippen molar-refractivity contribution in [2.45, 2.75) is 140 Å². The summed E-state index contributed by atoms with van der Waals surface area (Å²) in [5.41, 5.74) is 6.80. The van der Waals surface area contributed by atoms with E-state index in [1.165, 1.54) is 6.92 Å². The lowest BCUT2D eigenvalue weighted by Crippen LogP contribution is -2.59. The molecule has 6 atom stereocenters. The average Bonchev–Trinajstić information content (AvgIpc) is 3.81. The predicted molar refractivity (Wildman–Crippen MR) is 254 cm³/mol. The van der Waals surface area contributed by atoms with E-state index in [0.29, 0.717) is 67.3 Å². The second kappa shape index (κ2) is 28.7. The Kier molecular flexibility index (Phi) is 23.2. The maximum atomic E-state index is 13.3. The zero-order valence-electron chi connectivity index (χ0n) is 40.5. The highest BCUT2D eigenvalue weighted by atomic mass is 16.4. The minimum Gasteiger partial charge on any atom is -0.481 e. The summed E-state index contributed by atoms with van der Waals surface area (Å²) in [6.45, 7) is 4.61. The van der Waals surface area contributed by atoms with Gasteiger partial charge >= 0.3 is 29.5 Å². The second-order valence-corrected chi connectivity index (χ2v) is 17.4. The van der Waals surface area contributed by atoms with Crippen molar-refractivity contribution < 1.29 is 82.4 Å². The van der Waals surface area contributed by atoms with Crippen LogP contribution in [0.4, 0.5) is 5.69 Å². The normalized spacial score (nSPS) is 15.1. The number of hydrogen-bond acceptors (Lipinski definition) is 15. The van der Waals surface area contributed by atoms with E-state index in [-0.39, 0.29) is 56.2 Å². The van der Waals surface area contributed by atoms with E-state index < -0.39 is 120 Å². The van der Waals surface area contributed by atoms with Gasteiger partial charge in [-0.15, -0.1) is 0 Å². The molecule has 0 bridgehead atoms. The molecule has 400 valence electrons. The molecule has 2 aromatic rings. The van der Waals surface area contributed by atoms with Gasteiger partial charge in [-0.1, -0.05) is 6.42 Å². The number of anilines is 1. The molecule has 1 aromatic carbocycles. The maximum absolute atomic E-state index is 13.3. The smallest absolute Gasteiger partial charge is 0.340 e. The lowest BCUT2D eigenvalue weighted by molar-refractivity contribution is -0.150. The SMILES string of the molecule is CC(=O)N[C@@H](CCCCNC(=O)CCCCCNC(=O)Cc1c(C)c2ccc(N)cc2oc1=O)C(=O)N[C@@H](C)C(=O)N[C@@H](CC(=O)O)C(=O)N[C@@H](CC(=O)O)C(=O)N[C@@H](CC(=O)N1CCCC1C(=O)O)C(=O)O. The zero-order valence-corrected chi connectivity index (χ0v) is 40.5. The number of amides is 8. The van der Waals surface area contributed by atoms with E-state index in [0.717, 1.165) is 11.8 Å². The summed E-state index contributed by atoms with van der Waals surface area (Å²) < 4.78 is 5.34. The molecule has 1 aliphatic rings. The van der Waals surface area contributed by atoms with Gasteiger partial charge in [0.1, 0.15) is 41.8 Å². The number of hydrogen-bond donors (Lipinski definition) is 12. The Morgan fingerprint density at radius 2 is 1.29 bits per heavy atom. The van der Waals surface area contributed by atoms with Gasteiger partial charge in [-0.3, -0.25) is 47.9 Å². The molecule has 0 radical (unpaired) electrons. The summed E-state index contributed by atoms with van der Waals surface area (Å²) in [7, 11) is 0. The standard InChI is InChI=1S/C46H63N9O18/c1-23-27-14-13-26(47)18-34(27)73-46(72)28(23)19-36(58)49-15-7-4-5-12-35(57)48-16-8-6-10-29(51-25(3)56)41(65)50-24(2)40(64)52-30(21-38(60)61)42(66)53-31(22-39(62)63)43(67)54-32(44(68)69)20-37(59)55-17-9-11-33(55)45(70)71/h13-14,18,24,29-33H,4-12,15-17,19-22,47H2,1-3H3,(H,48,57)(H,49,58)(H,50,65)(H,51,56)(H,52,64)(H,53,66)(H,54,67)(H,60,61)(H,62,63)(H,68,69)(H,70,71)/t24-,29-,30-,31-,32-,33?/m0/s1. The molecular weight excluding hydrogens is 967 g/mol. The molecule has 3 rings (SSSR count). The van der Waals surface area contributed by atoms with E-state index in [2.05, 4.69) is 26.6 Å². The van der Waals surface area contributed by atoms with Crippen LogP contribution in [-0.4, -0.2) is 152 Å². The first-order chi connectivity index (χ1) is 34.4. The third kappa shape index (κ3) is 19.5. The average molecular weight is 1030 g/mol. The van der Waals surface area contributed by atoms with E-state index in [1.54, 1.807) is 25.1 Å². The van der Waals surface area contributed by atoms with Crippen LogP contribution in [0.15, 0.2) is 27.4 Å². The van der Waals surface area contributed by atoms with E-state index in [4.69, 9.17) is 10.2 Å². The van der Waals surface area contributed by atoms with Crippen molar-refractivity contribution in [3.8, 4) is 0 Å². The van der Waals surface area contributed by atoms with Crippen LogP contribution in [-0.2, 0) is 64.0 Å². The lowest BCUT2D eigenvalue weighted by Gasteiger charge is -2.26. The fraction of sp³-hybridized carbons (Fsp3) is 0.543. The number of rotatable bonds is 30. The minimum absolute atomic E-state index is 0.000678. The molecule has 1 fully saturated rings. The van der Waals surface area contributed by atoms with Crippen molar-refractivity contribution in [1.82, 2.24) is 42.1 Å². The van der Waals surface area contributed by atoms with Gasteiger partial charge in [-0.05, 0) is 76.5 Å². The highest BCUT2D eigenvalue weighted by Crippen LogP contribution is 2.22. The molecule has 2 heterocycles. The van der Waals surface area contributed by atoms with Crippen LogP contribution in [0.1, 0.15) is 102 Å². The molecule has 8 amide bonds. The quantitative estimate of drug-likeness (QED) is 0.0232. The molecule has 27 nitrogen and oxygen atoms in total. The van der Waals surface area contributed by atoms with Gasteiger partial charge in [-0.25, -0.2) is 14.4 Å². The fourth-order valence-electron chi connectivity index (χ4n) is 7.76. The number of likely N-dealkylation sites (tertiary alicyclic amines) is 1. The molecule has 0 saturated carbocycles. The largest absolute Gasteiger partial charge is 0.481 e. The Morgan fingerprint density at radius 1 is 0.712 bits per heavy atom. The van der Waals surface area contributed by atoms with Crippen LogP contribution in [0, 0.1) is 6.92 Å². The van der Waals surface area contributed by atoms with Gasteiger partial charge in [0, 0.05) is 50.1 Å². The predicted octanol–water partition coefficient (Wildman–Crippen LogP) is -1.85. The number of aryl methyl sites for hydroxylation is 1. The number of fused-ring (bicyclic) bond motifs is 1. The maximum Gasteiger partial charge on any atom is 0.340 e. The summed E-state index contributed by atoms with van der Waals surface area (Å²) in [4.78, 5) is 163. The third-order valence-corrected chi connectivity index (χ3v) is 11.6.